The third-order valence-corrected chi connectivity index (χ3v) is 4.19. The molecule has 2 rings (SSSR count). The Morgan fingerprint density at radius 3 is 2.95 bits per heavy atom. The molecule has 118 valence electrons. The van der Waals surface area contributed by atoms with Gasteiger partial charge in [-0.1, -0.05) is 36.4 Å². The van der Waals surface area contributed by atoms with Crippen LogP contribution in [0.25, 0.3) is 0 Å². The number of nitrogens with one attached hydrogen (secondary N) is 1. The number of benzene rings is 1. The van der Waals surface area contributed by atoms with Gasteiger partial charge in [0.25, 0.3) is 0 Å². The summed E-state index contributed by atoms with van der Waals surface area (Å²) in [5, 5.41) is 11.9. The van der Waals surface area contributed by atoms with Crippen molar-refractivity contribution in [2.75, 3.05) is 16.9 Å². The van der Waals surface area contributed by atoms with E-state index in [1.54, 1.807) is 12.1 Å². The first kappa shape index (κ1) is 16.6. The van der Waals surface area contributed by atoms with E-state index in [1.165, 1.54) is 16.4 Å². The van der Waals surface area contributed by atoms with Gasteiger partial charge in [0.15, 0.2) is 5.82 Å². The van der Waals surface area contributed by atoms with Gasteiger partial charge >= 0.3 is 0 Å². The second kappa shape index (κ2) is 7.51. The predicted octanol–water partition coefficient (Wildman–Crippen LogP) is 2.64. The van der Waals surface area contributed by atoms with Crippen molar-refractivity contribution in [1.82, 2.24) is 14.9 Å². The molecule has 0 bridgehead atoms. The highest BCUT2D eigenvalue weighted by atomic mass is 35.5. The summed E-state index contributed by atoms with van der Waals surface area (Å²) in [5.74, 6) is 6.67. The number of nitrogens with zero attached hydrogens (tertiary/aromatic N) is 3. The summed E-state index contributed by atoms with van der Waals surface area (Å²) < 4.78 is 1.44. The van der Waals surface area contributed by atoms with Crippen LogP contribution in [0.4, 0.5) is 5.69 Å². The van der Waals surface area contributed by atoms with Crippen LogP contribution in [-0.4, -0.2) is 26.5 Å². The molecule has 1 amide bonds. The van der Waals surface area contributed by atoms with Crippen LogP contribution in [-0.2, 0) is 11.2 Å². The van der Waals surface area contributed by atoms with Crippen molar-refractivity contribution >= 4 is 35.0 Å². The number of carbonyl (C=O) groups excluding carboxylic acids is 1. The summed E-state index contributed by atoms with van der Waals surface area (Å²) in [6, 6.07) is 5.37. The summed E-state index contributed by atoms with van der Waals surface area (Å²) in [5.41, 5.74) is 1.66. The zero-order valence-corrected chi connectivity index (χ0v) is 14.0. The average Bonchev–Trinajstić information content (AvgIpc) is 2.82. The third-order valence-electron chi connectivity index (χ3n) is 3.01. The van der Waals surface area contributed by atoms with Crippen LogP contribution in [0.5, 0.6) is 0 Å². The average molecular weight is 340 g/mol. The van der Waals surface area contributed by atoms with E-state index in [0.717, 1.165) is 24.2 Å². The molecule has 0 fully saturated rings. The maximum absolute atomic E-state index is 12.0. The number of hydrogen-bond acceptors (Lipinski definition) is 5. The minimum atomic E-state index is -0.143. The van der Waals surface area contributed by atoms with Gasteiger partial charge < -0.3 is 11.2 Å². The number of amides is 1. The normalized spacial score (nSPS) is 10.7. The largest absolute Gasteiger partial charge is 0.336 e. The summed E-state index contributed by atoms with van der Waals surface area (Å²) in [6.07, 6.45) is 1.70. The molecular formula is C14H18ClN5OS. The van der Waals surface area contributed by atoms with E-state index in [4.69, 9.17) is 17.4 Å². The number of thioether (sulfide) groups is 1. The second-order valence-corrected chi connectivity index (χ2v) is 6.19. The fourth-order valence-corrected chi connectivity index (χ4v) is 2.69. The van der Waals surface area contributed by atoms with Gasteiger partial charge in [-0.25, -0.2) is 4.68 Å². The Morgan fingerprint density at radius 1 is 1.45 bits per heavy atom. The van der Waals surface area contributed by atoms with Crippen LogP contribution in [0.3, 0.4) is 0 Å². The molecule has 2 aromatic rings. The van der Waals surface area contributed by atoms with Crippen LogP contribution in [0.2, 0.25) is 5.02 Å². The van der Waals surface area contributed by atoms with Crippen molar-refractivity contribution in [2.45, 2.75) is 31.8 Å². The van der Waals surface area contributed by atoms with Crippen LogP contribution < -0.4 is 11.2 Å². The lowest BCUT2D eigenvalue weighted by molar-refractivity contribution is -0.113. The van der Waals surface area contributed by atoms with E-state index in [-0.39, 0.29) is 11.7 Å². The van der Waals surface area contributed by atoms with Crippen molar-refractivity contribution in [1.29, 1.82) is 0 Å². The zero-order chi connectivity index (χ0) is 16.1. The number of nitrogen functional groups attached to an aromatic ring is 1. The Balaban J connectivity index is 1.94. The molecule has 3 N–H and O–H groups in total. The Morgan fingerprint density at radius 2 is 2.23 bits per heavy atom. The first-order chi connectivity index (χ1) is 10.5. The standard InChI is InChI=1S/C14H18ClN5OS/c1-3-4-12-18-19-14(20(12)16)22-8-13(21)17-11-7-10(15)6-5-9(11)2/h5-7H,3-4,8,16H2,1-2H3,(H,17,21). The lowest BCUT2D eigenvalue weighted by atomic mass is 10.2. The Kier molecular flexibility index (Phi) is 5.68. The second-order valence-electron chi connectivity index (χ2n) is 4.81. The van der Waals surface area contributed by atoms with Crippen molar-refractivity contribution in [2.24, 2.45) is 0 Å². The number of nitrogens with two attached hydrogens (primary N) is 1. The van der Waals surface area contributed by atoms with E-state index in [9.17, 15) is 4.79 Å². The molecule has 0 saturated heterocycles. The molecule has 1 heterocycles. The topological polar surface area (TPSA) is 85.8 Å². The molecule has 0 aliphatic heterocycles. The van der Waals surface area contributed by atoms with Gasteiger partial charge in [0.05, 0.1) is 5.75 Å². The van der Waals surface area contributed by atoms with Crippen LogP contribution >= 0.6 is 23.4 Å². The highest BCUT2D eigenvalue weighted by molar-refractivity contribution is 7.99. The Labute approximate surface area is 138 Å². The summed E-state index contributed by atoms with van der Waals surface area (Å²) in [4.78, 5) is 12.0. The van der Waals surface area contributed by atoms with E-state index >= 15 is 0 Å². The molecule has 6 nitrogen and oxygen atoms in total. The van der Waals surface area contributed by atoms with Gasteiger partial charge in [-0.3, -0.25) is 4.79 Å². The van der Waals surface area contributed by atoms with Gasteiger partial charge in [0.1, 0.15) is 0 Å². The van der Waals surface area contributed by atoms with E-state index in [2.05, 4.69) is 15.5 Å². The van der Waals surface area contributed by atoms with E-state index in [1.807, 2.05) is 19.9 Å². The third kappa shape index (κ3) is 4.14. The molecule has 0 aliphatic carbocycles. The van der Waals surface area contributed by atoms with E-state index in [0.29, 0.717) is 15.9 Å². The number of hydrogen-bond donors (Lipinski definition) is 2. The Hall–Kier alpha value is -1.73. The maximum Gasteiger partial charge on any atom is 0.234 e. The fraction of sp³-hybridized carbons (Fsp3) is 0.357. The zero-order valence-electron chi connectivity index (χ0n) is 12.5. The van der Waals surface area contributed by atoms with Crippen LogP contribution in [0.15, 0.2) is 23.4 Å². The number of aromatic nitrogens is 3. The predicted molar refractivity (Wildman–Crippen MR) is 89.7 cm³/mol. The molecule has 0 saturated carbocycles. The van der Waals surface area contributed by atoms with Crippen LogP contribution in [0, 0.1) is 6.92 Å². The first-order valence-electron chi connectivity index (χ1n) is 6.89. The molecule has 8 heteroatoms. The fourth-order valence-electron chi connectivity index (χ4n) is 1.85. The molecule has 0 atom stereocenters. The number of halogens is 1. The SMILES string of the molecule is CCCc1nnc(SCC(=O)Nc2cc(Cl)ccc2C)n1N. The number of rotatable bonds is 6. The minimum Gasteiger partial charge on any atom is -0.336 e. The van der Waals surface area contributed by atoms with Crippen LogP contribution in [0.1, 0.15) is 24.7 Å². The van der Waals surface area contributed by atoms with Gasteiger partial charge in [-0.15, -0.1) is 10.2 Å². The summed E-state index contributed by atoms with van der Waals surface area (Å²) >= 11 is 7.18. The molecule has 1 aromatic heterocycles. The quantitative estimate of drug-likeness (QED) is 0.624. The molecule has 0 unspecified atom stereocenters. The molecule has 0 spiro atoms. The van der Waals surface area contributed by atoms with Crippen molar-refractivity contribution in [3.8, 4) is 0 Å². The number of carbonyl (C=O) groups is 1. The van der Waals surface area contributed by atoms with Crippen molar-refractivity contribution < 1.29 is 4.79 Å². The maximum atomic E-state index is 12.0. The molecule has 0 aliphatic rings. The van der Waals surface area contributed by atoms with Gasteiger partial charge in [-0.05, 0) is 31.0 Å². The number of anilines is 1. The monoisotopic (exact) mass is 339 g/mol. The summed E-state index contributed by atoms with van der Waals surface area (Å²) in [7, 11) is 0. The Bertz CT molecular complexity index is 673. The van der Waals surface area contributed by atoms with Gasteiger partial charge in [0, 0.05) is 17.1 Å². The highest BCUT2D eigenvalue weighted by Gasteiger charge is 2.12. The lowest BCUT2D eigenvalue weighted by Gasteiger charge is -2.08. The summed E-state index contributed by atoms with van der Waals surface area (Å²) in [6.45, 7) is 3.95. The molecule has 0 radical (unpaired) electrons. The van der Waals surface area contributed by atoms with Crippen molar-refractivity contribution in [3.63, 3.8) is 0 Å². The molecular weight excluding hydrogens is 322 g/mol. The first-order valence-corrected chi connectivity index (χ1v) is 8.25. The smallest absolute Gasteiger partial charge is 0.234 e. The molecule has 22 heavy (non-hydrogen) atoms. The van der Waals surface area contributed by atoms with Gasteiger partial charge in [0.2, 0.25) is 11.1 Å². The van der Waals surface area contributed by atoms with Gasteiger partial charge in [-0.2, -0.15) is 0 Å². The highest BCUT2D eigenvalue weighted by Crippen LogP contribution is 2.21. The van der Waals surface area contributed by atoms with E-state index < -0.39 is 0 Å². The minimum absolute atomic E-state index is 0.143. The number of aryl methyl sites for hydroxylation is 2. The molecule has 1 aromatic carbocycles. The van der Waals surface area contributed by atoms with Crippen molar-refractivity contribution in [3.05, 3.63) is 34.6 Å². The lowest BCUT2D eigenvalue weighted by Crippen LogP contribution is -2.17.